The third-order valence-corrected chi connectivity index (χ3v) is 7.31. The number of nitrogens with zero attached hydrogens (tertiary/aromatic N) is 1. The Kier molecular flexibility index (Phi) is 8.84. The van der Waals surface area contributed by atoms with Gasteiger partial charge in [0.25, 0.3) is 17.7 Å². The second kappa shape index (κ2) is 11.1. The summed E-state index contributed by atoms with van der Waals surface area (Å²) in [6.07, 6.45) is 0.0473. The molecule has 0 aromatic heterocycles. The number of rotatable bonds is 7. The summed E-state index contributed by atoms with van der Waals surface area (Å²) in [5, 5.41) is 2.14. The van der Waals surface area contributed by atoms with Crippen LogP contribution in [-0.4, -0.2) is 41.2 Å². The van der Waals surface area contributed by atoms with E-state index in [1.807, 2.05) is 0 Å². The van der Waals surface area contributed by atoms with Crippen LogP contribution in [0.3, 0.4) is 0 Å². The lowest BCUT2D eigenvalue weighted by atomic mass is 10.0. The minimum atomic E-state index is -1.36. The minimum absolute atomic E-state index is 0.0473. The summed E-state index contributed by atoms with van der Waals surface area (Å²) in [6, 6.07) is 3.07. The number of nitrogens with one attached hydrogen (secondary N) is 1. The molecule has 0 fully saturated rings. The number of benzene rings is 2. The SMILES string of the molecule is CC(C)C[C@@H](C(=O)OCC(=O)Nc1ccc(Cl)cc1Cl)N1C(=O)c2c(Cl)c(Cl)c(Cl)c(Cl)c2C1=O. The van der Waals surface area contributed by atoms with E-state index in [1.165, 1.54) is 18.2 Å². The number of amides is 3. The number of hydrogen-bond acceptors (Lipinski definition) is 5. The Morgan fingerprint density at radius 3 is 1.94 bits per heavy atom. The van der Waals surface area contributed by atoms with E-state index in [2.05, 4.69) is 5.32 Å². The normalized spacial score (nSPS) is 13.8. The molecule has 186 valence electrons. The van der Waals surface area contributed by atoms with Crippen molar-refractivity contribution in [1.82, 2.24) is 4.90 Å². The molecule has 1 aliphatic rings. The van der Waals surface area contributed by atoms with Gasteiger partial charge in [-0.1, -0.05) is 83.5 Å². The van der Waals surface area contributed by atoms with Crippen molar-refractivity contribution in [1.29, 1.82) is 0 Å². The summed E-state index contributed by atoms with van der Waals surface area (Å²) in [7, 11) is 0. The zero-order valence-electron chi connectivity index (χ0n) is 18.1. The molecule has 0 spiro atoms. The van der Waals surface area contributed by atoms with Gasteiger partial charge in [0.05, 0.1) is 41.9 Å². The maximum Gasteiger partial charge on any atom is 0.329 e. The zero-order valence-corrected chi connectivity index (χ0v) is 22.6. The number of carbonyl (C=O) groups excluding carboxylic acids is 4. The van der Waals surface area contributed by atoms with Gasteiger partial charge in [-0.05, 0) is 30.5 Å². The second-order valence-corrected chi connectivity index (χ2v) is 10.3. The zero-order chi connectivity index (χ0) is 26.2. The van der Waals surface area contributed by atoms with E-state index in [-0.39, 0.29) is 54.3 Å². The van der Waals surface area contributed by atoms with Crippen LogP contribution in [0.25, 0.3) is 0 Å². The Bertz CT molecular complexity index is 1200. The smallest absolute Gasteiger partial charge is 0.329 e. The van der Waals surface area contributed by atoms with Crippen LogP contribution in [0.4, 0.5) is 5.69 Å². The molecule has 2 aromatic carbocycles. The first kappa shape index (κ1) is 27.8. The van der Waals surface area contributed by atoms with Crippen LogP contribution in [0.2, 0.25) is 30.1 Å². The fraction of sp³-hybridized carbons (Fsp3) is 0.273. The molecule has 3 amide bonds. The molecule has 0 saturated heterocycles. The highest BCUT2D eigenvalue weighted by atomic mass is 35.5. The van der Waals surface area contributed by atoms with Gasteiger partial charge >= 0.3 is 5.97 Å². The highest BCUT2D eigenvalue weighted by Gasteiger charge is 2.47. The van der Waals surface area contributed by atoms with E-state index >= 15 is 0 Å². The predicted molar refractivity (Wildman–Crippen MR) is 136 cm³/mol. The number of imide groups is 1. The Balaban J connectivity index is 1.82. The lowest BCUT2D eigenvalue weighted by molar-refractivity contribution is -0.151. The van der Waals surface area contributed by atoms with Gasteiger partial charge in [-0.2, -0.15) is 0 Å². The summed E-state index contributed by atoms with van der Waals surface area (Å²) >= 11 is 36.3. The lowest BCUT2D eigenvalue weighted by Crippen LogP contribution is -2.47. The molecule has 0 radical (unpaired) electrons. The van der Waals surface area contributed by atoms with E-state index in [9.17, 15) is 19.2 Å². The van der Waals surface area contributed by atoms with Crippen molar-refractivity contribution in [2.24, 2.45) is 5.92 Å². The topological polar surface area (TPSA) is 92.8 Å². The summed E-state index contributed by atoms with van der Waals surface area (Å²) in [5.74, 6) is -3.57. The number of halogens is 6. The van der Waals surface area contributed by atoms with Crippen molar-refractivity contribution in [3.63, 3.8) is 0 Å². The third-order valence-electron chi connectivity index (χ3n) is 4.96. The van der Waals surface area contributed by atoms with Crippen LogP contribution in [-0.2, 0) is 14.3 Å². The Labute approximate surface area is 230 Å². The van der Waals surface area contributed by atoms with Gasteiger partial charge in [-0.25, -0.2) is 4.79 Å². The Hall–Kier alpha value is -1.74. The van der Waals surface area contributed by atoms with Gasteiger partial charge < -0.3 is 10.1 Å². The highest BCUT2D eigenvalue weighted by Crippen LogP contribution is 2.45. The molecule has 35 heavy (non-hydrogen) atoms. The van der Waals surface area contributed by atoms with Crippen LogP contribution in [0.5, 0.6) is 0 Å². The maximum absolute atomic E-state index is 13.2. The first-order chi connectivity index (χ1) is 16.3. The third kappa shape index (κ3) is 5.66. The molecule has 1 N–H and O–H groups in total. The number of ether oxygens (including phenoxy) is 1. The first-order valence-electron chi connectivity index (χ1n) is 10.0. The summed E-state index contributed by atoms with van der Waals surface area (Å²) < 4.78 is 5.13. The molecule has 1 atom stereocenters. The van der Waals surface area contributed by atoms with Crippen molar-refractivity contribution >= 4 is 99.0 Å². The summed E-state index contributed by atoms with van der Waals surface area (Å²) in [6.45, 7) is 2.86. The average Bonchev–Trinajstić information content (AvgIpc) is 3.04. The van der Waals surface area contributed by atoms with E-state index in [0.29, 0.717) is 9.92 Å². The van der Waals surface area contributed by atoms with E-state index < -0.39 is 36.3 Å². The number of esters is 1. The van der Waals surface area contributed by atoms with Crippen LogP contribution < -0.4 is 5.32 Å². The van der Waals surface area contributed by atoms with Gasteiger partial charge in [-0.15, -0.1) is 0 Å². The van der Waals surface area contributed by atoms with Crippen molar-refractivity contribution in [3.8, 4) is 0 Å². The summed E-state index contributed by atoms with van der Waals surface area (Å²) in [4.78, 5) is 52.3. The largest absolute Gasteiger partial charge is 0.454 e. The van der Waals surface area contributed by atoms with Crippen LogP contribution in [0, 0.1) is 5.92 Å². The van der Waals surface area contributed by atoms with Gasteiger partial charge in [0.15, 0.2) is 6.61 Å². The molecule has 3 rings (SSSR count). The highest BCUT2D eigenvalue weighted by molar-refractivity contribution is 6.55. The molecule has 0 unspecified atom stereocenters. The fourth-order valence-electron chi connectivity index (χ4n) is 3.41. The van der Waals surface area contributed by atoms with Crippen molar-refractivity contribution in [2.45, 2.75) is 26.3 Å². The lowest BCUT2D eigenvalue weighted by Gasteiger charge is -2.26. The maximum atomic E-state index is 13.2. The molecule has 0 saturated carbocycles. The van der Waals surface area contributed by atoms with Gasteiger partial charge in [0, 0.05) is 5.02 Å². The van der Waals surface area contributed by atoms with E-state index in [0.717, 1.165) is 0 Å². The molecule has 13 heteroatoms. The minimum Gasteiger partial charge on any atom is -0.454 e. The first-order valence-corrected chi connectivity index (χ1v) is 12.3. The molecule has 1 aliphatic heterocycles. The molecule has 2 aromatic rings. The summed E-state index contributed by atoms with van der Waals surface area (Å²) in [5.41, 5.74) is -0.255. The van der Waals surface area contributed by atoms with Gasteiger partial charge in [0.1, 0.15) is 6.04 Å². The average molecular weight is 601 g/mol. The predicted octanol–water partition coefficient (Wildman–Crippen LogP) is 6.80. The molecular formula is C22H16Cl6N2O5. The van der Waals surface area contributed by atoms with Gasteiger partial charge in [0.2, 0.25) is 0 Å². The monoisotopic (exact) mass is 598 g/mol. The van der Waals surface area contributed by atoms with Crippen molar-refractivity contribution in [3.05, 3.63) is 59.5 Å². The standard InChI is InChI=1S/C22H16Cl6N2O5/c1-8(2)5-12(22(34)35-7-13(31)29-11-4-3-9(23)6-10(11)24)30-20(32)14-15(21(30)33)17(26)19(28)18(27)16(14)25/h3-4,6,8,12H,5,7H2,1-2H3,(H,29,31)/t12-/m0/s1. The second-order valence-electron chi connectivity index (χ2n) is 7.91. The van der Waals surface area contributed by atoms with E-state index in [4.69, 9.17) is 74.3 Å². The van der Waals surface area contributed by atoms with Crippen molar-refractivity contribution in [2.75, 3.05) is 11.9 Å². The van der Waals surface area contributed by atoms with Crippen molar-refractivity contribution < 1.29 is 23.9 Å². The molecule has 1 heterocycles. The van der Waals surface area contributed by atoms with E-state index in [1.54, 1.807) is 13.8 Å². The Morgan fingerprint density at radius 2 is 1.46 bits per heavy atom. The molecular weight excluding hydrogens is 585 g/mol. The molecule has 0 bridgehead atoms. The van der Waals surface area contributed by atoms with Crippen LogP contribution >= 0.6 is 69.6 Å². The van der Waals surface area contributed by atoms with Crippen LogP contribution in [0.1, 0.15) is 41.0 Å². The van der Waals surface area contributed by atoms with Crippen LogP contribution in [0.15, 0.2) is 18.2 Å². The number of carbonyl (C=O) groups is 4. The number of fused-ring (bicyclic) bond motifs is 1. The quantitative estimate of drug-likeness (QED) is 0.163. The molecule has 0 aliphatic carbocycles. The molecule has 7 nitrogen and oxygen atoms in total. The number of hydrogen-bond donors (Lipinski definition) is 1. The number of anilines is 1. The Morgan fingerprint density at radius 1 is 0.914 bits per heavy atom. The van der Waals surface area contributed by atoms with Gasteiger partial charge in [-0.3, -0.25) is 19.3 Å². The fourth-order valence-corrected chi connectivity index (χ4v) is 4.88.